The van der Waals surface area contributed by atoms with Crippen molar-refractivity contribution in [2.24, 2.45) is 0 Å². The van der Waals surface area contributed by atoms with Crippen LogP contribution in [-0.4, -0.2) is 30.5 Å². The summed E-state index contributed by atoms with van der Waals surface area (Å²) in [6.07, 6.45) is -1.91. The smallest absolute Gasteiger partial charge is 0.490 e. The zero-order valence-electron chi connectivity index (χ0n) is 20.4. The lowest BCUT2D eigenvalue weighted by atomic mass is 9.93. The van der Waals surface area contributed by atoms with Crippen molar-refractivity contribution in [3.8, 4) is 11.5 Å². The van der Waals surface area contributed by atoms with Crippen molar-refractivity contribution >= 4 is 17.7 Å². The van der Waals surface area contributed by atoms with Crippen molar-refractivity contribution < 1.29 is 37.0 Å². The Kier molecular flexibility index (Phi) is 8.73. The fourth-order valence-electron chi connectivity index (χ4n) is 4.09. The van der Waals surface area contributed by atoms with Crippen LogP contribution in [-0.2, 0) is 11.3 Å². The quantitative estimate of drug-likeness (QED) is 0.328. The van der Waals surface area contributed by atoms with Crippen molar-refractivity contribution in [3.05, 3.63) is 90.0 Å². The molecule has 2 amide bonds. The number of ether oxygens (including phenoxy) is 3. The minimum Gasteiger partial charge on any atom is -0.490 e. The first-order chi connectivity index (χ1) is 18.2. The molecule has 200 valence electrons. The van der Waals surface area contributed by atoms with Crippen molar-refractivity contribution in [2.75, 3.05) is 5.32 Å². The summed E-state index contributed by atoms with van der Waals surface area (Å²) in [6.45, 7) is 0.205. The monoisotopic (exact) mass is 528 g/mol. The standard InChI is InChI=1S/C28H27F3N2O5/c29-28(30,31)38-25-16-10-22(11-17-25)33-27(35)32-21-8-14-24(15-9-21)37-23-12-6-20(7-13-23)26(34)36-18-19-4-2-1-3-5-19/h1-7,10-13,16-17,21,24H,8-9,14-15,18H2,(H2,32,33,35)/t21-,24-. The topological polar surface area (TPSA) is 85.9 Å². The molecule has 0 aromatic heterocycles. The number of rotatable bonds is 8. The zero-order valence-corrected chi connectivity index (χ0v) is 20.4. The molecular formula is C28H27F3N2O5. The Balaban J connectivity index is 1.16. The van der Waals surface area contributed by atoms with E-state index in [1.54, 1.807) is 24.3 Å². The second-order valence-corrected chi connectivity index (χ2v) is 8.85. The second-order valence-electron chi connectivity index (χ2n) is 8.85. The Bertz CT molecular complexity index is 1190. The minimum absolute atomic E-state index is 0.0202. The molecule has 10 heteroatoms. The predicted molar refractivity (Wildman–Crippen MR) is 134 cm³/mol. The van der Waals surface area contributed by atoms with Crippen LogP contribution >= 0.6 is 0 Å². The van der Waals surface area contributed by atoms with Crippen LogP contribution in [0.25, 0.3) is 0 Å². The first-order valence-electron chi connectivity index (χ1n) is 12.1. The molecule has 38 heavy (non-hydrogen) atoms. The van der Waals surface area contributed by atoms with E-state index in [0.29, 0.717) is 29.8 Å². The molecule has 0 aliphatic heterocycles. The van der Waals surface area contributed by atoms with E-state index in [0.717, 1.165) is 30.5 Å². The van der Waals surface area contributed by atoms with Gasteiger partial charge in [0.05, 0.1) is 11.7 Å². The number of hydrogen-bond donors (Lipinski definition) is 2. The van der Waals surface area contributed by atoms with Gasteiger partial charge in [-0.15, -0.1) is 13.2 Å². The average molecular weight is 529 g/mol. The Labute approximate surface area is 217 Å². The van der Waals surface area contributed by atoms with Crippen molar-refractivity contribution in [1.29, 1.82) is 0 Å². The highest BCUT2D eigenvalue weighted by atomic mass is 19.4. The van der Waals surface area contributed by atoms with Crippen LogP contribution in [0.5, 0.6) is 11.5 Å². The first-order valence-corrected chi connectivity index (χ1v) is 12.1. The van der Waals surface area contributed by atoms with Crippen LogP contribution in [0.2, 0.25) is 0 Å². The van der Waals surface area contributed by atoms with Gasteiger partial charge in [0.1, 0.15) is 18.1 Å². The van der Waals surface area contributed by atoms with Crippen LogP contribution < -0.4 is 20.1 Å². The second kappa shape index (κ2) is 12.4. The number of anilines is 1. The van der Waals surface area contributed by atoms with Crippen LogP contribution in [0.3, 0.4) is 0 Å². The molecule has 7 nitrogen and oxygen atoms in total. The maximum atomic E-state index is 12.3. The van der Waals surface area contributed by atoms with Crippen molar-refractivity contribution in [2.45, 2.75) is 50.8 Å². The highest BCUT2D eigenvalue weighted by Crippen LogP contribution is 2.26. The summed E-state index contributed by atoms with van der Waals surface area (Å²) >= 11 is 0. The number of hydrogen-bond acceptors (Lipinski definition) is 5. The molecule has 3 aromatic rings. The lowest BCUT2D eigenvalue weighted by molar-refractivity contribution is -0.274. The molecule has 2 N–H and O–H groups in total. The minimum atomic E-state index is -4.77. The fraction of sp³-hybridized carbons (Fsp3) is 0.286. The lowest BCUT2D eigenvalue weighted by Gasteiger charge is -2.29. The van der Waals surface area contributed by atoms with Gasteiger partial charge in [0.2, 0.25) is 0 Å². The van der Waals surface area contributed by atoms with E-state index in [1.165, 1.54) is 12.1 Å². The Morgan fingerprint density at radius 3 is 2.08 bits per heavy atom. The van der Waals surface area contributed by atoms with Crippen LogP contribution in [0, 0.1) is 0 Å². The Morgan fingerprint density at radius 2 is 1.45 bits per heavy atom. The number of carbonyl (C=O) groups excluding carboxylic acids is 2. The summed E-state index contributed by atoms with van der Waals surface area (Å²) in [5, 5.41) is 5.49. The third kappa shape index (κ3) is 8.43. The molecule has 1 fully saturated rings. The van der Waals surface area contributed by atoms with E-state index in [2.05, 4.69) is 15.4 Å². The summed E-state index contributed by atoms with van der Waals surface area (Å²) in [5.41, 5.74) is 1.70. The van der Waals surface area contributed by atoms with E-state index in [4.69, 9.17) is 9.47 Å². The van der Waals surface area contributed by atoms with E-state index in [1.807, 2.05) is 30.3 Å². The normalized spacial score (nSPS) is 17.2. The number of halogens is 3. The number of urea groups is 1. The molecule has 4 rings (SSSR count). The van der Waals surface area contributed by atoms with Crippen molar-refractivity contribution in [3.63, 3.8) is 0 Å². The van der Waals surface area contributed by atoms with E-state index >= 15 is 0 Å². The van der Waals surface area contributed by atoms with Gasteiger partial charge in [-0.25, -0.2) is 9.59 Å². The average Bonchev–Trinajstić information content (AvgIpc) is 2.90. The fourth-order valence-corrected chi connectivity index (χ4v) is 4.09. The van der Waals surface area contributed by atoms with Crippen LogP contribution in [0.15, 0.2) is 78.9 Å². The zero-order chi connectivity index (χ0) is 27.0. The summed E-state index contributed by atoms with van der Waals surface area (Å²) in [5.74, 6) is -0.119. The summed E-state index contributed by atoms with van der Waals surface area (Å²) < 4.78 is 52.0. The molecule has 0 saturated heterocycles. The molecule has 1 saturated carbocycles. The van der Waals surface area contributed by atoms with Gasteiger partial charge >= 0.3 is 18.4 Å². The summed E-state index contributed by atoms with van der Waals surface area (Å²) in [7, 11) is 0. The highest BCUT2D eigenvalue weighted by molar-refractivity contribution is 5.90. The van der Waals surface area contributed by atoms with Gasteiger partial charge in [0.25, 0.3) is 0 Å². The molecular weight excluding hydrogens is 501 g/mol. The lowest BCUT2D eigenvalue weighted by Crippen LogP contribution is -2.41. The maximum absolute atomic E-state index is 12.3. The highest BCUT2D eigenvalue weighted by Gasteiger charge is 2.31. The number of nitrogens with one attached hydrogen (secondary N) is 2. The van der Waals surface area contributed by atoms with Crippen LogP contribution in [0.4, 0.5) is 23.7 Å². The summed E-state index contributed by atoms with van der Waals surface area (Å²) in [4.78, 5) is 24.6. The summed E-state index contributed by atoms with van der Waals surface area (Å²) in [6, 6.07) is 20.7. The van der Waals surface area contributed by atoms with Gasteiger partial charge in [-0.05, 0) is 79.8 Å². The van der Waals surface area contributed by atoms with E-state index < -0.39 is 18.4 Å². The van der Waals surface area contributed by atoms with Gasteiger partial charge in [0, 0.05) is 11.7 Å². The third-order valence-corrected chi connectivity index (χ3v) is 5.96. The molecule has 0 bridgehead atoms. The predicted octanol–water partition coefficient (Wildman–Crippen LogP) is 6.45. The Hall–Kier alpha value is -4.21. The molecule has 1 aliphatic rings. The van der Waals surface area contributed by atoms with Gasteiger partial charge in [-0.2, -0.15) is 0 Å². The number of benzene rings is 3. The first kappa shape index (κ1) is 26.8. The van der Waals surface area contributed by atoms with E-state index in [9.17, 15) is 22.8 Å². The SMILES string of the molecule is O=C(Nc1ccc(OC(F)(F)F)cc1)N[C@H]1CC[C@H](Oc2ccc(C(=O)OCc3ccccc3)cc2)CC1. The molecule has 1 aliphatic carbocycles. The maximum Gasteiger partial charge on any atom is 0.573 e. The number of alkyl halides is 3. The number of esters is 1. The molecule has 0 atom stereocenters. The van der Waals surface area contributed by atoms with Gasteiger partial charge in [-0.3, -0.25) is 0 Å². The number of carbonyl (C=O) groups is 2. The van der Waals surface area contributed by atoms with Gasteiger partial charge in [-0.1, -0.05) is 30.3 Å². The molecule has 3 aromatic carbocycles. The van der Waals surface area contributed by atoms with Crippen molar-refractivity contribution in [1.82, 2.24) is 5.32 Å². The molecule has 0 heterocycles. The molecule has 0 spiro atoms. The number of amides is 2. The largest absolute Gasteiger partial charge is 0.573 e. The molecule has 0 radical (unpaired) electrons. The third-order valence-electron chi connectivity index (χ3n) is 5.96. The Morgan fingerprint density at radius 1 is 0.816 bits per heavy atom. The van der Waals surface area contributed by atoms with E-state index in [-0.39, 0.29) is 24.5 Å². The van der Waals surface area contributed by atoms with Crippen LogP contribution in [0.1, 0.15) is 41.6 Å². The van der Waals surface area contributed by atoms with Gasteiger partial charge < -0.3 is 24.8 Å². The van der Waals surface area contributed by atoms with Gasteiger partial charge in [0.15, 0.2) is 0 Å². The molecule has 0 unspecified atom stereocenters.